The molecule has 3 aromatic rings. The number of hydrogen-bond donors (Lipinski definition) is 0. The van der Waals surface area contributed by atoms with Gasteiger partial charge in [0.05, 0.1) is 21.8 Å². The molecule has 1 amide bonds. The average Bonchev–Trinajstić information content (AvgIpc) is 2.66. The molecule has 0 spiro atoms. The van der Waals surface area contributed by atoms with Crippen molar-refractivity contribution in [3.8, 4) is 11.3 Å². The van der Waals surface area contributed by atoms with E-state index in [0.29, 0.717) is 34.4 Å². The molecule has 27 heavy (non-hydrogen) atoms. The van der Waals surface area contributed by atoms with Gasteiger partial charge in [-0.05, 0) is 30.3 Å². The molecule has 0 saturated carbocycles. The third-order valence-electron chi connectivity index (χ3n) is 4.14. The number of aromatic nitrogens is 1. The lowest BCUT2D eigenvalue weighted by atomic mass is 10.0. The van der Waals surface area contributed by atoms with Crippen LogP contribution in [0.5, 0.6) is 0 Å². The number of amides is 1. The van der Waals surface area contributed by atoms with Crippen molar-refractivity contribution in [2.45, 2.75) is 0 Å². The second kappa shape index (κ2) is 8.38. The fourth-order valence-electron chi connectivity index (χ4n) is 2.91. The zero-order valence-corrected chi connectivity index (χ0v) is 16.2. The van der Waals surface area contributed by atoms with Crippen LogP contribution < -0.4 is 0 Å². The maximum atomic E-state index is 13.2. The van der Waals surface area contributed by atoms with Gasteiger partial charge in [0.15, 0.2) is 0 Å². The molecule has 0 aliphatic rings. The largest absolute Gasteiger partial charge is 0.331 e. The van der Waals surface area contributed by atoms with E-state index in [9.17, 15) is 4.79 Å². The lowest BCUT2D eigenvalue weighted by Crippen LogP contribution is -2.31. The van der Waals surface area contributed by atoms with Gasteiger partial charge in [0.2, 0.25) is 0 Å². The lowest BCUT2D eigenvalue weighted by Gasteiger charge is -2.21. The van der Waals surface area contributed by atoms with Crippen molar-refractivity contribution in [2.24, 2.45) is 0 Å². The summed E-state index contributed by atoms with van der Waals surface area (Å²) < 4.78 is 0. The Kier molecular flexibility index (Phi) is 5.94. The Balaban J connectivity index is 2.20. The Morgan fingerprint density at radius 2 is 1.74 bits per heavy atom. The van der Waals surface area contributed by atoms with E-state index in [1.165, 1.54) is 0 Å². The number of fused-ring (bicyclic) bond motifs is 1. The minimum Gasteiger partial charge on any atom is -0.331 e. The second-order valence-corrected chi connectivity index (χ2v) is 6.83. The molecule has 136 valence electrons. The van der Waals surface area contributed by atoms with Crippen LogP contribution in [-0.4, -0.2) is 28.9 Å². The Bertz CT molecular complexity index is 1020. The predicted molar refractivity (Wildman–Crippen MR) is 113 cm³/mol. The summed E-state index contributed by atoms with van der Waals surface area (Å²) in [5.74, 6) is -0.111. The monoisotopic (exact) mass is 396 g/mol. The van der Waals surface area contributed by atoms with Crippen molar-refractivity contribution in [1.82, 2.24) is 9.88 Å². The van der Waals surface area contributed by atoms with Crippen molar-refractivity contribution >= 4 is 40.0 Å². The van der Waals surface area contributed by atoms with Crippen molar-refractivity contribution in [3.63, 3.8) is 0 Å². The van der Waals surface area contributed by atoms with Gasteiger partial charge in [-0.15, -0.1) is 13.2 Å². The normalized spacial score (nSPS) is 10.6. The van der Waals surface area contributed by atoms with Crippen LogP contribution in [0, 0.1) is 0 Å². The van der Waals surface area contributed by atoms with E-state index in [1.54, 1.807) is 41.3 Å². The van der Waals surface area contributed by atoms with Crippen LogP contribution >= 0.6 is 23.2 Å². The molecule has 5 heteroatoms. The topological polar surface area (TPSA) is 33.2 Å². The second-order valence-electron chi connectivity index (χ2n) is 5.98. The summed E-state index contributed by atoms with van der Waals surface area (Å²) in [5, 5.41) is 1.82. The lowest BCUT2D eigenvalue weighted by molar-refractivity contribution is 0.0793. The first-order valence-corrected chi connectivity index (χ1v) is 9.17. The summed E-state index contributed by atoms with van der Waals surface area (Å²) in [4.78, 5) is 19.6. The number of rotatable bonds is 6. The highest BCUT2D eigenvalue weighted by Gasteiger charge is 2.19. The Labute approximate surface area is 168 Å². The molecule has 0 radical (unpaired) electrons. The Morgan fingerprint density at radius 3 is 2.41 bits per heavy atom. The molecule has 0 N–H and O–H groups in total. The molecule has 0 saturated heterocycles. The molecular formula is C22H18Cl2N2O. The number of pyridine rings is 1. The van der Waals surface area contributed by atoms with Crippen molar-refractivity contribution in [3.05, 3.63) is 89.4 Å². The smallest absolute Gasteiger partial charge is 0.255 e. The number of halogens is 2. The number of para-hydroxylation sites is 1. The first kappa shape index (κ1) is 19.2. The summed E-state index contributed by atoms with van der Waals surface area (Å²) in [7, 11) is 0. The van der Waals surface area contributed by atoms with E-state index in [2.05, 4.69) is 13.2 Å². The van der Waals surface area contributed by atoms with E-state index < -0.39 is 0 Å². The minimum atomic E-state index is -0.111. The number of carbonyl (C=O) groups is 1. The Hall–Kier alpha value is -2.62. The van der Waals surface area contributed by atoms with Gasteiger partial charge in [-0.1, -0.05) is 53.6 Å². The standard InChI is InChI=1S/C22H18Cl2N2O/c1-3-11-26(12-4-2)22(27)18-14-21(17-10-9-15(23)13-19(17)24)25-20-8-6-5-7-16(18)20/h3-10,13-14H,1-2,11-12H2. The number of benzene rings is 2. The molecule has 0 fully saturated rings. The zero-order chi connectivity index (χ0) is 19.4. The van der Waals surface area contributed by atoms with E-state index in [1.807, 2.05) is 24.3 Å². The van der Waals surface area contributed by atoms with Gasteiger partial charge in [-0.2, -0.15) is 0 Å². The van der Waals surface area contributed by atoms with Gasteiger partial charge < -0.3 is 4.90 Å². The highest BCUT2D eigenvalue weighted by molar-refractivity contribution is 6.36. The molecule has 1 heterocycles. The average molecular weight is 397 g/mol. The minimum absolute atomic E-state index is 0.111. The molecule has 1 aromatic heterocycles. The molecule has 0 atom stereocenters. The summed E-state index contributed by atoms with van der Waals surface area (Å²) in [6.07, 6.45) is 3.39. The number of hydrogen-bond acceptors (Lipinski definition) is 2. The first-order chi connectivity index (χ1) is 13.0. The maximum Gasteiger partial charge on any atom is 0.255 e. The molecule has 3 rings (SSSR count). The Morgan fingerprint density at radius 1 is 1.04 bits per heavy atom. The van der Waals surface area contributed by atoms with E-state index in [0.717, 1.165) is 16.5 Å². The fourth-order valence-corrected chi connectivity index (χ4v) is 3.42. The molecule has 0 unspecified atom stereocenters. The molecule has 0 aliphatic heterocycles. The quantitative estimate of drug-likeness (QED) is 0.477. The maximum absolute atomic E-state index is 13.2. The third-order valence-corrected chi connectivity index (χ3v) is 4.69. The molecule has 3 nitrogen and oxygen atoms in total. The van der Waals surface area contributed by atoms with Gasteiger partial charge >= 0.3 is 0 Å². The van der Waals surface area contributed by atoms with E-state index in [4.69, 9.17) is 28.2 Å². The van der Waals surface area contributed by atoms with Crippen LogP contribution in [0.25, 0.3) is 22.2 Å². The zero-order valence-electron chi connectivity index (χ0n) is 14.7. The van der Waals surface area contributed by atoms with Gasteiger partial charge in [0.1, 0.15) is 0 Å². The van der Waals surface area contributed by atoms with Gasteiger partial charge in [-0.3, -0.25) is 4.79 Å². The van der Waals surface area contributed by atoms with Crippen LogP contribution in [0.15, 0.2) is 73.8 Å². The number of carbonyl (C=O) groups excluding carboxylic acids is 1. The summed E-state index contributed by atoms with van der Waals surface area (Å²) in [6.45, 7) is 8.33. The third kappa shape index (κ3) is 4.05. The highest BCUT2D eigenvalue weighted by atomic mass is 35.5. The predicted octanol–water partition coefficient (Wildman–Crippen LogP) is 6.02. The first-order valence-electron chi connectivity index (χ1n) is 8.41. The molecule has 0 bridgehead atoms. The SMILES string of the molecule is C=CCN(CC=C)C(=O)c1cc(-c2ccc(Cl)cc2Cl)nc2ccccc12. The van der Waals surface area contributed by atoms with Gasteiger partial charge in [-0.25, -0.2) is 4.98 Å². The van der Waals surface area contributed by atoms with Gasteiger partial charge in [0, 0.05) is 29.1 Å². The highest BCUT2D eigenvalue weighted by Crippen LogP contribution is 2.32. The van der Waals surface area contributed by atoms with Gasteiger partial charge in [0.25, 0.3) is 5.91 Å². The van der Waals surface area contributed by atoms with E-state index >= 15 is 0 Å². The fraction of sp³-hybridized carbons (Fsp3) is 0.0909. The van der Waals surface area contributed by atoms with Crippen molar-refractivity contribution in [1.29, 1.82) is 0 Å². The van der Waals surface area contributed by atoms with Crippen LogP contribution in [0.2, 0.25) is 10.0 Å². The van der Waals surface area contributed by atoms with Crippen LogP contribution in [0.1, 0.15) is 10.4 Å². The van der Waals surface area contributed by atoms with E-state index in [-0.39, 0.29) is 5.91 Å². The molecular weight excluding hydrogens is 379 g/mol. The molecule has 0 aliphatic carbocycles. The molecule has 2 aromatic carbocycles. The van der Waals surface area contributed by atoms with Crippen molar-refractivity contribution < 1.29 is 4.79 Å². The van der Waals surface area contributed by atoms with Crippen LogP contribution in [-0.2, 0) is 0 Å². The van der Waals surface area contributed by atoms with Crippen molar-refractivity contribution in [2.75, 3.05) is 13.1 Å². The number of nitrogens with zero attached hydrogens (tertiary/aromatic N) is 2. The summed E-state index contributed by atoms with van der Waals surface area (Å²) in [5.41, 5.74) is 2.63. The summed E-state index contributed by atoms with van der Waals surface area (Å²) in [6, 6.07) is 14.6. The van der Waals surface area contributed by atoms with Crippen LogP contribution in [0.4, 0.5) is 0 Å². The van der Waals surface area contributed by atoms with Crippen LogP contribution in [0.3, 0.4) is 0 Å². The summed E-state index contributed by atoms with van der Waals surface area (Å²) >= 11 is 12.4.